The Morgan fingerprint density at radius 2 is 1.69 bits per heavy atom. The molecule has 0 aliphatic carbocycles. The van der Waals surface area contributed by atoms with E-state index in [1.807, 2.05) is 12.1 Å². The molecular formula is C11H14ClI. The SMILES string of the molecule is Clc1ccc(CCCCCI)cc1. The third-order valence-corrected chi connectivity index (χ3v) is 3.03. The molecule has 0 nitrogen and oxygen atoms in total. The highest BCUT2D eigenvalue weighted by Crippen LogP contribution is 2.12. The second kappa shape index (κ2) is 6.66. The van der Waals surface area contributed by atoms with Gasteiger partial charge in [0.25, 0.3) is 0 Å². The zero-order chi connectivity index (χ0) is 9.52. The monoisotopic (exact) mass is 308 g/mol. The van der Waals surface area contributed by atoms with Crippen molar-refractivity contribution in [3.63, 3.8) is 0 Å². The summed E-state index contributed by atoms with van der Waals surface area (Å²) in [6, 6.07) is 8.17. The fourth-order valence-electron chi connectivity index (χ4n) is 1.25. The first-order valence-electron chi connectivity index (χ1n) is 4.63. The van der Waals surface area contributed by atoms with Crippen molar-refractivity contribution in [1.82, 2.24) is 0 Å². The van der Waals surface area contributed by atoms with E-state index in [4.69, 9.17) is 11.6 Å². The van der Waals surface area contributed by atoms with Crippen molar-refractivity contribution in [3.05, 3.63) is 34.9 Å². The van der Waals surface area contributed by atoms with Crippen molar-refractivity contribution >= 4 is 34.2 Å². The molecule has 0 unspecified atom stereocenters. The molecule has 1 aromatic carbocycles. The average molecular weight is 309 g/mol. The second-order valence-electron chi connectivity index (χ2n) is 3.13. The number of unbranched alkanes of at least 4 members (excludes halogenated alkanes) is 2. The summed E-state index contributed by atoms with van der Waals surface area (Å²) in [5.41, 5.74) is 1.40. The molecule has 0 radical (unpaired) electrons. The van der Waals surface area contributed by atoms with Crippen LogP contribution in [0.2, 0.25) is 5.02 Å². The maximum atomic E-state index is 5.79. The highest BCUT2D eigenvalue weighted by molar-refractivity contribution is 14.1. The van der Waals surface area contributed by atoms with Crippen LogP contribution < -0.4 is 0 Å². The molecule has 0 aliphatic rings. The third-order valence-electron chi connectivity index (χ3n) is 2.01. The van der Waals surface area contributed by atoms with Crippen LogP contribution in [-0.4, -0.2) is 4.43 Å². The largest absolute Gasteiger partial charge is 0.0864 e. The molecule has 0 fully saturated rings. The molecule has 0 saturated heterocycles. The van der Waals surface area contributed by atoms with Gasteiger partial charge in [-0.1, -0.05) is 52.7 Å². The molecule has 0 aromatic heterocycles. The highest BCUT2D eigenvalue weighted by Gasteiger charge is 1.93. The van der Waals surface area contributed by atoms with Gasteiger partial charge in [-0.25, -0.2) is 0 Å². The van der Waals surface area contributed by atoms with Crippen LogP contribution >= 0.6 is 34.2 Å². The van der Waals surface area contributed by atoms with Crippen LogP contribution in [0.3, 0.4) is 0 Å². The minimum atomic E-state index is 0.830. The second-order valence-corrected chi connectivity index (χ2v) is 4.64. The Bertz CT molecular complexity index is 230. The summed E-state index contributed by atoms with van der Waals surface area (Å²) in [7, 11) is 0. The molecule has 0 saturated carbocycles. The summed E-state index contributed by atoms with van der Waals surface area (Å²) in [6.07, 6.45) is 5.16. The number of rotatable bonds is 5. The molecule has 1 aromatic rings. The molecule has 0 bridgehead atoms. The van der Waals surface area contributed by atoms with E-state index in [1.165, 1.54) is 35.7 Å². The Morgan fingerprint density at radius 3 is 2.31 bits per heavy atom. The number of aryl methyl sites for hydroxylation is 1. The van der Waals surface area contributed by atoms with Crippen LogP contribution in [0.25, 0.3) is 0 Å². The maximum Gasteiger partial charge on any atom is 0.0406 e. The lowest BCUT2D eigenvalue weighted by Crippen LogP contribution is -1.85. The summed E-state index contributed by atoms with van der Waals surface area (Å²) in [5.74, 6) is 0. The van der Waals surface area contributed by atoms with Crippen molar-refractivity contribution in [2.24, 2.45) is 0 Å². The lowest BCUT2D eigenvalue weighted by molar-refractivity contribution is 0.727. The molecule has 13 heavy (non-hydrogen) atoms. The van der Waals surface area contributed by atoms with E-state index >= 15 is 0 Å². The van der Waals surface area contributed by atoms with Crippen molar-refractivity contribution in [1.29, 1.82) is 0 Å². The minimum absolute atomic E-state index is 0.830. The first-order valence-corrected chi connectivity index (χ1v) is 6.53. The van der Waals surface area contributed by atoms with Crippen molar-refractivity contribution < 1.29 is 0 Å². The Kier molecular flexibility index (Phi) is 5.80. The van der Waals surface area contributed by atoms with E-state index < -0.39 is 0 Å². The molecule has 0 amide bonds. The van der Waals surface area contributed by atoms with Crippen LogP contribution in [0, 0.1) is 0 Å². The normalized spacial score (nSPS) is 10.3. The number of hydrogen-bond acceptors (Lipinski definition) is 0. The summed E-state index contributed by atoms with van der Waals surface area (Å²) >= 11 is 8.22. The molecular weight excluding hydrogens is 294 g/mol. The molecule has 0 heterocycles. The van der Waals surface area contributed by atoms with Crippen molar-refractivity contribution in [3.8, 4) is 0 Å². The van der Waals surface area contributed by atoms with Crippen LogP contribution in [0.1, 0.15) is 24.8 Å². The molecule has 0 N–H and O–H groups in total. The molecule has 72 valence electrons. The van der Waals surface area contributed by atoms with Gasteiger partial charge in [0.05, 0.1) is 0 Å². The van der Waals surface area contributed by atoms with Crippen molar-refractivity contribution in [2.75, 3.05) is 4.43 Å². The summed E-state index contributed by atoms with van der Waals surface area (Å²) in [4.78, 5) is 0. The molecule has 0 atom stereocenters. The summed E-state index contributed by atoms with van der Waals surface area (Å²) < 4.78 is 1.28. The van der Waals surface area contributed by atoms with E-state index in [9.17, 15) is 0 Å². The van der Waals surface area contributed by atoms with Gasteiger partial charge in [0, 0.05) is 5.02 Å². The number of hydrogen-bond donors (Lipinski definition) is 0. The molecule has 1 rings (SSSR count). The predicted octanol–water partition coefficient (Wildman–Crippen LogP) is 4.49. The Morgan fingerprint density at radius 1 is 1.00 bits per heavy atom. The van der Waals surface area contributed by atoms with Crippen molar-refractivity contribution in [2.45, 2.75) is 25.7 Å². The van der Waals surface area contributed by atoms with Gasteiger partial charge in [0.2, 0.25) is 0 Å². The van der Waals surface area contributed by atoms with E-state index in [0.29, 0.717) is 0 Å². The number of benzene rings is 1. The fourth-order valence-corrected chi connectivity index (χ4v) is 1.92. The Labute approximate surface area is 98.8 Å². The van der Waals surface area contributed by atoms with Gasteiger partial charge in [-0.05, 0) is 41.4 Å². The zero-order valence-electron chi connectivity index (χ0n) is 7.60. The standard InChI is InChI=1S/C11H14ClI/c12-11-7-5-10(6-8-11)4-2-1-3-9-13/h5-8H,1-4,9H2. The zero-order valence-corrected chi connectivity index (χ0v) is 10.5. The van der Waals surface area contributed by atoms with Crippen LogP contribution in [0.15, 0.2) is 24.3 Å². The van der Waals surface area contributed by atoms with E-state index in [-0.39, 0.29) is 0 Å². The van der Waals surface area contributed by atoms with Crippen LogP contribution in [-0.2, 0) is 6.42 Å². The summed E-state index contributed by atoms with van der Waals surface area (Å²) in [6.45, 7) is 0. The van der Waals surface area contributed by atoms with Gasteiger partial charge in [0.15, 0.2) is 0 Å². The van der Waals surface area contributed by atoms with Crippen LogP contribution in [0.4, 0.5) is 0 Å². The average Bonchev–Trinajstić information content (AvgIpc) is 2.15. The first kappa shape index (κ1) is 11.3. The van der Waals surface area contributed by atoms with Gasteiger partial charge in [-0.2, -0.15) is 0 Å². The van der Waals surface area contributed by atoms with E-state index in [2.05, 4.69) is 34.7 Å². The lowest BCUT2D eigenvalue weighted by Gasteiger charge is -2.00. The van der Waals surface area contributed by atoms with Gasteiger partial charge < -0.3 is 0 Å². The maximum absolute atomic E-state index is 5.79. The Hall–Kier alpha value is 0.240. The fraction of sp³-hybridized carbons (Fsp3) is 0.455. The Balaban J connectivity index is 2.25. The van der Waals surface area contributed by atoms with Crippen LogP contribution in [0.5, 0.6) is 0 Å². The highest BCUT2D eigenvalue weighted by atomic mass is 127. The van der Waals surface area contributed by atoms with Gasteiger partial charge in [-0.3, -0.25) is 0 Å². The third kappa shape index (κ3) is 4.87. The molecule has 0 aliphatic heterocycles. The first-order chi connectivity index (χ1) is 6.33. The molecule has 0 spiro atoms. The van der Waals surface area contributed by atoms with E-state index in [0.717, 1.165) is 5.02 Å². The predicted molar refractivity (Wildman–Crippen MR) is 67.9 cm³/mol. The number of alkyl halides is 1. The van der Waals surface area contributed by atoms with Gasteiger partial charge in [0.1, 0.15) is 0 Å². The minimum Gasteiger partial charge on any atom is -0.0864 e. The summed E-state index contributed by atoms with van der Waals surface area (Å²) in [5, 5.41) is 0.830. The topological polar surface area (TPSA) is 0 Å². The molecule has 2 heteroatoms. The van der Waals surface area contributed by atoms with Gasteiger partial charge >= 0.3 is 0 Å². The number of halogens is 2. The lowest BCUT2D eigenvalue weighted by atomic mass is 10.1. The quantitative estimate of drug-likeness (QED) is 0.427. The smallest absolute Gasteiger partial charge is 0.0406 e. The van der Waals surface area contributed by atoms with Gasteiger partial charge in [-0.15, -0.1) is 0 Å². The van der Waals surface area contributed by atoms with E-state index in [1.54, 1.807) is 0 Å².